The molecule has 1 aliphatic rings. The van der Waals surface area contributed by atoms with E-state index in [1.54, 1.807) is 22.2 Å². The quantitative estimate of drug-likeness (QED) is 0.834. The van der Waals surface area contributed by atoms with E-state index < -0.39 is 10.2 Å². The normalized spacial score (nSPS) is 17.1. The minimum absolute atomic E-state index is 0.325. The summed E-state index contributed by atoms with van der Waals surface area (Å²) < 4.78 is 30.3. The van der Waals surface area contributed by atoms with Crippen molar-refractivity contribution in [3.05, 3.63) is 48.3 Å². The predicted octanol–water partition coefficient (Wildman–Crippen LogP) is 2.42. The van der Waals surface area contributed by atoms with Crippen LogP contribution in [0.25, 0.3) is 5.69 Å². The summed E-state index contributed by atoms with van der Waals surface area (Å²) in [6, 6.07) is 9.79. The van der Waals surface area contributed by atoms with Gasteiger partial charge in [-0.05, 0) is 25.0 Å². The van der Waals surface area contributed by atoms with Gasteiger partial charge in [-0.2, -0.15) is 22.1 Å². The number of nitrogens with zero attached hydrogens (tertiary/aromatic N) is 4. The van der Waals surface area contributed by atoms with Crippen LogP contribution < -0.4 is 0 Å². The Kier molecular flexibility index (Phi) is 5.33. The lowest BCUT2D eigenvalue weighted by molar-refractivity contribution is 0.363. The molecule has 1 aromatic carbocycles. The monoisotopic (exact) mass is 348 g/mol. The van der Waals surface area contributed by atoms with Crippen LogP contribution in [0.5, 0.6) is 0 Å². The summed E-state index contributed by atoms with van der Waals surface area (Å²) in [5.74, 6) is 0. The van der Waals surface area contributed by atoms with Gasteiger partial charge in [0.15, 0.2) is 0 Å². The van der Waals surface area contributed by atoms with Crippen molar-refractivity contribution in [2.75, 3.05) is 20.1 Å². The number of hydrogen-bond acceptors (Lipinski definition) is 3. The van der Waals surface area contributed by atoms with Crippen molar-refractivity contribution in [1.29, 1.82) is 0 Å². The maximum Gasteiger partial charge on any atom is 0.282 e. The predicted molar refractivity (Wildman–Crippen MR) is 94.0 cm³/mol. The molecule has 24 heavy (non-hydrogen) atoms. The van der Waals surface area contributed by atoms with Gasteiger partial charge in [-0.1, -0.05) is 31.0 Å². The second-order valence-corrected chi connectivity index (χ2v) is 8.24. The van der Waals surface area contributed by atoms with Crippen molar-refractivity contribution in [1.82, 2.24) is 18.4 Å². The van der Waals surface area contributed by atoms with Crippen LogP contribution in [0.2, 0.25) is 0 Å². The molecular weight excluding hydrogens is 324 g/mol. The Hall–Kier alpha value is -1.70. The van der Waals surface area contributed by atoms with Crippen molar-refractivity contribution < 1.29 is 8.42 Å². The first-order chi connectivity index (χ1) is 11.6. The van der Waals surface area contributed by atoms with Crippen LogP contribution in [0.1, 0.15) is 31.2 Å². The SMILES string of the molecule is CN(Cc1cnn(-c2ccccc2)c1)S(=O)(=O)N1CCCCCC1. The highest BCUT2D eigenvalue weighted by molar-refractivity contribution is 7.86. The summed E-state index contributed by atoms with van der Waals surface area (Å²) in [5.41, 5.74) is 1.83. The number of para-hydroxylation sites is 1. The first kappa shape index (κ1) is 17.1. The zero-order chi connectivity index (χ0) is 17.0. The smallest absolute Gasteiger partial charge is 0.241 e. The molecule has 130 valence electrons. The first-order valence-electron chi connectivity index (χ1n) is 8.38. The summed E-state index contributed by atoms with van der Waals surface area (Å²) in [6.45, 7) is 1.57. The number of rotatable bonds is 5. The first-order valence-corrected chi connectivity index (χ1v) is 9.77. The third-order valence-electron chi connectivity index (χ3n) is 4.35. The third kappa shape index (κ3) is 3.85. The second kappa shape index (κ2) is 7.46. The molecule has 6 nitrogen and oxygen atoms in total. The minimum atomic E-state index is -3.41. The molecule has 1 saturated heterocycles. The van der Waals surface area contributed by atoms with Crippen molar-refractivity contribution in [3.8, 4) is 5.69 Å². The van der Waals surface area contributed by atoms with E-state index in [2.05, 4.69) is 5.10 Å². The fraction of sp³-hybridized carbons (Fsp3) is 0.471. The van der Waals surface area contributed by atoms with Gasteiger partial charge in [0.2, 0.25) is 0 Å². The molecule has 2 heterocycles. The van der Waals surface area contributed by atoms with Crippen molar-refractivity contribution >= 4 is 10.2 Å². The van der Waals surface area contributed by atoms with E-state index >= 15 is 0 Å². The standard InChI is InChI=1S/C17H24N4O2S/c1-19(24(22,23)20-11-7-2-3-8-12-20)14-16-13-18-21(15-16)17-9-5-4-6-10-17/h4-6,9-10,13,15H,2-3,7-8,11-12,14H2,1H3. The zero-order valence-electron chi connectivity index (χ0n) is 14.0. The molecule has 0 radical (unpaired) electrons. The molecule has 1 aromatic heterocycles. The van der Waals surface area contributed by atoms with Crippen LogP contribution in [0.4, 0.5) is 0 Å². The Morgan fingerprint density at radius 3 is 2.42 bits per heavy atom. The van der Waals surface area contributed by atoms with Crippen molar-refractivity contribution in [2.24, 2.45) is 0 Å². The average Bonchev–Trinajstić information content (AvgIpc) is 2.87. The summed E-state index contributed by atoms with van der Waals surface area (Å²) in [5, 5.41) is 4.33. The Morgan fingerprint density at radius 1 is 1.08 bits per heavy atom. The molecule has 0 aliphatic carbocycles. The van der Waals surface area contributed by atoms with E-state index in [1.807, 2.05) is 36.5 Å². The van der Waals surface area contributed by atoms with Gasteiger partial charge < -0.3 is 0 Å². The number of benzene rings is 1. The van der Waals surface area contributed by atoms with Gasteiger partial charge >= 0.3 is 0 Å². The highest BCUT2D eigenvalue weighted by Crippen LogP contribution is 2.17. The van der Waals surface area contributed by atoms with E-state index in [0.717, 1.165) is 36.9 Å². The summed E-state index contributed by atoms with van der Waals surface area (Å²) in [4.78, 5) is 0. The second-order valence-electron chi connectivity index (χ2n) is 6.21. The topological polar surface area (TPSA) is 58.4 Å². The molecule has 0 saturated carbocycles. The van der Waals surface area contributed by atoms with Gasteiger partial charge in [-0.3, -0.25) is 0 Å². The summed E-state index contributed by atoms with van der Waals surface area (Å²) in [6.07, 6.45) is 7.71. The molecule has 0 unspecified atom stereocenters. The van der Waals surface area contributed by atoms with E-state index in [9.17, 15) is 8.42 Å². The van der Waals surface area contributed by atoms with E-state index in [1.165, 1.54) is 4.31 Å². The molecule has 0 atom stereocenters. The van der Waals surface area contributed by atoms with Gasteiger partial charge in [-0.25, -0.2) is 4.68 Å². The van der Waals surface area contributed by atoms with E-state index in [4.69, 9.17) is 0 Å². The van der Waals surface area contributed by atoms with Crippen LogP contribution >= 0.6 is 0 Å². The Bertz CT molecular complexity index is 750. The maximum atomic E-state index is 12.7. The van der Waals surface area contributed by atoms with Gasteiger partial charge in [0.25, 0.3) is 10.2 Å². The lowest BCUT2D eigenvalue weighted by Crippen LogP contribution is -2.41. The van der Waals surface area contributed by atoms with Crippen LogP contribution in [-0.4, -0.2) is 46.9 Å². The molecular formula is C17H24N4O2S. The number of hydrogen-bond donors (Lipinski definition) is 0. The Morgan fingerprint density at radius 2 is 1.75 bits per heavy atom. The average molecular weight is 348 g/mol. The van der Waals surface area contributed by atoms with Crippen molar-refractivity contribution in [2.45, 2.75) is 32.2 Å². The molecule has 3 rings (SSSR count). The lowest BCUT2D eigenvalue weighted by atomic mass is 10.2. The molecule has 1 fully saturated rings. The molecule has 0 N–H and O–H groups in total. The van der Waals surface area contributed by atoms with Gasteiger partial charge in [0, 0.05) is 38.4 Å². The summed E-state index contributed by atoms with van der Waals surface area (Å²) >= 11 is 0. The van der Waals surface area contributed by atoms with Crippen LogP contribution in [0.3, 0.4) is 0 Å². The maximum absolute atomic E-state index is 12.7. The summed E-state index contributed by atoms with van der Waals surface area (Å²) in [7, 11) is -1.77. The largest absolute Gasteiger partial charge is 0.282 e. The molecule has 2 aromatic rings. The molecule has 7 heteroatoms. The Labute approximate surface area is 143 Å². The fourth-order valence-electron chi connectivity index (χ4n) is 2.97. The van der Waals surface area contributed by atoms with E-state index in [-0.39, 0.29) is 0 Å². The van der Waals surface area contributed by atoms with Crippen LogP contribution in [0.15, 0.2) is 42.7 Å². The third-order valence-corrected chi connectivity index (χ3v) is 6.28. The van der Waals surface area contributed by atoms with Gasteiger partial charge in [0.05, 0.1) is 11.9 Å². The van der Waals surface area contributed by atoms with Crippen LogP contribution in [0, 0.1) is 0 Å². The lowest BCUT2D eigenvalue weighted by Gasteiger charge is -2.26. The molecule has 1 aliphatic heterocycles. The van der Waals surface area contributed by atoms with Crippen molar-refractivity contribution in [3.63, 3.8) is 0 Å². The molecule has 0 spiro atoms. The number of aromatic nitrogens is 2. The Balaban J connectivity index is 1.70. The molecule has 0 amide bonds. The van der Waals surface area contributed by atoms with Gasteiger partial charge in [0.1, 0.15) is 0 Å². The van der Waals surface area contributed by atoms with Crippen LogP contribution in [-0.2, 0) is 16.8 Å². The fourth-order valence-corrected chi connectivity index (χ4v) is 4.40. The van der Waals surface area contributed by atoms with Gasteiger partial charge in [-0.15, -0.1) is 0 Å². The highest BCUT2D eigenvalue weighted by atomic mass is 32.2. The minimum Gasteiger partial charge on any atom is -0.241 e. The van der Waals surface area contributed by atoms with E-state index in [0.29, 0.717) is 19.6 Å². The highest BCUT2D eigenvalue weighted by Gasteiger charge is 2.27. The zero-order valence-corrected chi connectivity index (χ0v) is 14.8. The molecule has 0 bridgehead atoms.